The predicted octanol–water partition coefficient (Wildman–Crippen LogP) is 3.71. The second kappa shape index (κ2) is 9.32. The molecule has 4 heteroatoms. The molecule has 1 N–H and O–H groups in total. The van der Waals surface area contributed by atoms with Gasteiger partial charge >= 0.3 is 0 Å². The molecule has 1 aromatic rings. The van der Waals surface area contributed by atoms with Crippen molar-refractivity contribution >= 4 is 11.6 Å². The minimum atomic E-state index is 0.191. The zero-order valence-electron chi connectivity index (χ0n) is 13.0. The van der Waals surface area contributed by atoms with E-state index in [4.69, 9.17) is 16.3 Å². The van der Waals surface area contributed by atoms with Gasteiger partial charge in [0.2, 0.25) is 0 Å². The van der Waals surface area contributed by atoms with E-state index < -0.39 is 0 Å². The van der Waals surface area contributed by atoms with E-state index in [1.165, 1.54) is 0 Å². The molecule has 1 aromatic heterocycles. The van der Waals surface area contributed by atoms with Gasteiger partial charge in [0.25, 0.3) is 0 Å². The Kier molecular flexibility index (Phi) is 8.12. The van der Waals surface area contributed by atoms with Gasteiger partial charge in [-0.25, -0.2) is 0 Å². The molecular formula is C16H27ClN2O. The molecule has 0 aliphatic carbocycles. The highest BCUT2D eigenvalue weighted by molar-refractivity contribution is 6.31. The molecule has 0 spiro atoms. The maximum absolute atomic E-state index is 6.23. The monoisotopic (exact) mass is 298 g/mol. The summed E-state index contributed by atoms with van der Waals surface area (Å²) in [5.41, 5.74) is 1.13. The van der Waals surface area contributed by atoms with Crippen LogP contribution >= 0.6 is 11.6 Å². The van der Waals surface area contributed by atoms with E-state index in [1.807, 2.05) is 13.0 Å². The normalized spacial score (nSPS) is 14.5. The molecule has 0 saturated heterocycles. The highest BCUT2D eigenvalue weighted by Gasteiger charge is 2.25. The molecule has 0 saturated carbocycles. The van der Waals surface area contributed by atoms with Crippen LogP contribution in [0, 0.1) is 5.92 Å². The molecule has 20 heavy (non-hydrogen) atoms. The molecule has 1 heterocycles. The molecule has 0 aromatic carbocycles. The van der Waals surface area contributed by atoms with Crippen LogP contribution in [0.15, 0.2) is 18.5 Å². The van der Waals surface area contributed by atoms with E-state index >= 15 is 0 Å². The van der Waals surface area contributed by atoms with Crippen LogP contribution in [0.1, 0.15) is 39.7 Å². The third-order valence-corrected chi connectivity index (χ3v) is 3.71. The Morgan fingerprint density at radius 3 is 2.65 bits per heavy atom. The van der Waals surface area contributed by atoms with Crippen molar-refractivity contribution in [3.05, 3.63) is 29.0 Å². The maximum atomic E-state index is 6.23. The van der Waals surface area contributed by atoms with Crippen LogP contribution in [0.25, 0.3) is 0 Å². The standard InChI is InChI=1S/C16H27ClN2O/c1-5-8-19-15(16(12(3)4)20-6-2)10-13-7-9-18-11-14(13)17/h7,9,11-12,15-16,19H,5-6,8,10H2,1-4H3. The van der Waals surface area contributed by atoms with Gasteiger partial charge < -0.3 is 10.1 Å². The number of aromatic nitrogens is 1. The summed E-state index contributed by atoms with van der Waals surface area (Å²) in [6, 6.07) is 2.27. The first-order valence-corrected chi connectivity index (χ1v) is 7.91. The summed E-state index contributed by atoms with van der Waals surface area (Å²) in [7, 11) is 0. The fourth-order valence-electron chi connectivity index (χ4n) is 2.41. The van der Waals surface area contributed by atoms with Crippen molar-refractivity contribution in [1.29, 1.82) is 0 Å². The summed E-state index contributed by atoms with van der Waals surface area (Å²) >= 11 is 6.23. The second-order valence-electron chi connectivity index (χ2n) is 5.40. The van der Waals surface area contributed by atoms with E-state index in [9.17, 15) is 0 Å². The smallest absolute Gasteiger partial charge is 0.0753 e. The summed E-state index contributed by atoms with van der Waals surface area (Å²) in [6.45, 7) is 10.4. The Hall–Kier alpha value is -0.640. The minimum absolute atomic E-state index is 0.191. The average molecular weight is 299 g/mol. The van der Waals surface area contributed by atoms with E-state index in [-0.39, 0.29) is 12.1 Å². The lowest BCUT2D eigenvalue weighted by Crippen LogP contribution is -2.46. The van der Waals surface area contributed by atoms with Crippen LogP contribution in [-0.2, 0) is 11.2 Å². The Morgan fingerprint density at radius 2 is 2.10 bits per heavy atom. The fourth-order valence-corrected chi connectivity index (χ4v) is 2.60. The van der Waals surface area contributed by atoms with Crippen molar-refractivity contribution in [2.45, 2.75) is 52.7 Å². The second-order valence-corrected chi connectivity index (χ2v) is 5.80. The van der Waals surface area contributed by atoms with Gasteiger partial charge in [0.1, 0.15) is 0 Å². The van der Waals surface area contributed by atoms with Crippen molar-refractivity contribution in [3.63, 3.8) is 0 Å². The minimum Gasteiger partial charge on any atom is -0.377 e. The Bertz CT molecular complexity index is 384. The van der Waals surface area contributed by atoms with Crippen molar-refractivity contribution in [3.8, 4) is 0 Å². The van der Waals surface area contributed by atoms with Gasteiger partial charge in [-0.05, 0) is 43.9 Å². The summed E-state index contributed by atoms with van der Waals surface area (Å²) < 4.78 is 5.95. The van der Waals surface area contributed by atoms with Crippen LogP contribution in [0.4, 0.5) is 0 Å². The highest BCUT2D eigenvalue weighted by atomic mass is 35.5. The van der Waals surface area contributed by atoms with Crippen LogP contribution in [0.5, 0.6) is 0 Å². The Balaban J connectivity index is 2.84. The Morgan fingerprint density at radius 1 is 1.35 bits per heavy atom. The van der Waals surface area contributed by atoms with Crippen LogP contribution in [0.3, 0.4) is 0 Å². The largest absolute Gasteiger partial charge is 0.377 e. The first-order chi connectivity index (χ1) is 9.60. The van der Waals surface area contributed by atoms with Crippen molar-refractivity contribution in [1.82, 2.24) is 10.3 Å². The molecule has 0 bridgehead atoms. The van der Waals surface area contributed by atoms with Gasteiger partial charge in [0.15, 0.2) is 0 Å². The van der Waals surface area contributed by atoms with Crippen molar-refractivity contribution in [2.24, 2.45) is 5.92 Å². The number of halogens is 1. The van der Waals surface area contributed by atoms with Gasteiger partial charge in [0.05, 0.1) is 11.1 Å². The van der Waals surface area contributed by atoms with Gasteiger partial charge in [-0.1, -0.05) is 32.4 Å². The zero-order valence-corrected chi connectivity index (χ0v) is 13.8. The zero-order chi connectivity index (χ0) is 15.0. The summed E-state index contributed by atoms with van der Waals surface area (Å²) in [4.78, 5) is 4.05. The molecular weight excluding hydrogens is 272 g/mol. The van der Waals surface area contributed by atoms with Gasteiger partial charge in [0, 0.05) is 25.0 Å². The third-order valence-electron chi connectivity index (χ3n) is 3.37. The number of nitrogens with one attached hydrogen (secondary N) is 1. The summed E-state index contributed by atoms with van der Waals surface area (Å²) in [5.74, 6) is 0.463. The number of rotatable bonds is 9. The van der Waals surface area contributed by atoms with E-state index in [0.717, 1.165) is 36.6 Å². The molecule has 0 radical (unpaired) electrons. The summed E-state index contributed by atoms with van der Waals surface area (Å²) in [6.07, 6.45) is 5.67. The van der Waals surface area contributed by atoms with Crippen molar-refractivity contribution < 1.29 is 4.74 Å². The number of nitrogens with zero attached hydrogens (tertiary/aromatic N) is 1. The molecule has 0 amide bonds. The Labute approximate surface area is 128 Å². The lowest BCUT2D eigenvalue weighted by Gasteiger charge is -2.31. The molecule has 114 valence electrons. The van der Waals surface area contributed by atoms with Crippen LogP contribution < -0.4 is 5.32 Å². The SMILES string of the molecule is CCCNC(Cc1ccncc1Cl)C(OCC)C(C)C. The summed E-state index contributed by atoms with van der Waals surface area (Å²) in [5, 5.41) is 4.34. The lowest BCUT2D eigenvalue weighted by atomic mass is 9.94. The van der Waals surface area contributed by atoms with E-state index in [1.54, 1.807) is 12.4 Å². The first-order valence-electron chi connectivity index (χ1n) is 7.53. The molecule has 0 aliphatic rings. The van der Waals surface area contributed by atoms with Crippen molar-refractivity contribution in [2.75, 3.05) is 13.2 Å². The van der Waals surface area contributed by atoms with Crippen LogP contribution in [-0.4, -0.2) is 30.3 Å². The predicted molar refractivity (Wildman–Crippen MR) is 85.3 cm³/mol. The number of hydrogen-bond acceptors (Lipinski definition) is 3. The molecule has 0 fully saturated rings. The number of ether oxygens (including phenoxy) is 1. The molecule has 2 unspecified atom stereocenters. The topological polar surface area (TPSA) is 34.2 Å². The quantitative estimate of drug-likeness (QED) is 0.755. The third kappa shape index (κ3) is 5.39. The van der Waals surface area contributed by atoms with Gasteiger partial charge in [-0.2, -0.15) is 0 Å². The highest BCUT2D eigenvalue weighted by Crippen LogP contribution is 2.20. The van der Waals surface area contributed by atoms with E-state index in [2.05, 4.69) is 31.1 Å². The van der Waals surface area contributed by atoms with Crippen LogP contribution in [0.2, 0.25) is 5.02 Å². The molecule has 0 aliphatic heterocycles. The average Bonchev–Trinajstić information content (AvgIpc) is 2.43. The fraction of sp³-hybridized carbons (Fsp3) is 0.688. The van der Waals surface area contributed by atoms with Gasteiger partial charge in [-0.15, -0.1) is 0 Å². The molecule has 2 atom stereocenters. The first kappa shape index (κ1) is 17.4. The number of pyridine rings is 1. The number of hydrogen-bond donors (Lipinski definition) is 1. The van der Waals surface area contributed by atoms with E-state index in [0.29, 0.717) is 5.92 Å². The molecule has 3 nitrogen and oxygen atoms in total. The molecule has 1 rings (SSSR count). The lowest BCUT2D eigenvalue weighted by molar-refractivity contribution is 0.00362. The van der Waals surface area contributed by atoms with Gasteiger partial charge in [-0.3, -0.25) is 4.98 Å². The maximum Gasteiger partial charge on any atom is 0.0753 e.